The first kappa shape index (κ1) is 36.4. The number of unbranched alkanes of at least 4 members (excludes halogenated alkanes) is 3. The minimum absolute atomic E-state index is 0.0311. The van der Waals surface area contributed by atoms with Crippen molar-refractivity contribution < 1.29 is 29.0 Å². The predicted molar refractivity (Wildman–Crippen MR) is 164 cm³/mol. The fourth-order valence-corrected chi connectivity index (χ4v) is 4.52. The van der Waals surface area contributed by atoms with Crippen LogP contribution >= 0.6 is 11.8 Å². The van der Waals surface area contributed by atoms with Crippen LogP contribution in [0.1, 0.15) is 63.4 Å². The molecule has 0 aliphatic carbocycles. The minimum atomic E-state index is -0.291. The lowest BCUT2D eigenvalue weighted by atomic mass is 10.1. The van der Waals surface area contributed by atoms with Crippen LogP contribution in [0.3, 0.4) is 0 Å². The van der Waals surface area contributed by atoms with E-state index in [0.717, 1.165) is 24.3 Å². The number of nitrogens with one attached hydrogen (secondary N) is 1. The van der Waals surface area contributed by atoms with Gasteiger partial charge >= 0.3 is 6.09 Å². The molecular formula is C30H50N4O6S. The average Bonchev–Trinajstić information content (AvgIpc) is 3.27. The number of rotatable bonds is 18. The fraction of sp³-hybridized carbons (Fsp3) is 0.667. The fourth-order valence-electron chi connectivity index (χ4n) is 4.03. The van der Waals surface area contributed by atoms with Gasteiger partial charge in [-0.15, -0.1) is 0 Å². The zero-order valence-electron chi connectivity index (χ0n) is 25.4. The first-order valence-electron chi connectivity index (χ1n) is 14.5. The molecule has 10 nitrogen and oxygen atoms in total. The van der Waals surface area contributed by atoms with Crippen LogP contribution in [-0.4, -0.2) is 110 Å². The number of benzene rings is 1. The van der Waals surface area contributed by atoms with Crippen LogP contribution in [0.2, 0.25) is 0 Å². The molecule has 0 saturated carbocycles. The van der Waals surface area contributed by atoms with Gasteiger partial charge < -0.3 is 25.0 Å². The van der Waals surface area contributed by atoms with E-state index in [-0.39, 0.29) is 56.2 Å². The molecule has 2 rings (SSSR count). The Hall–Kier alpha value is -2.63. The van der Waals surface area contributed by atoms with Crippen LogP contribution in [0.4, 0.5) is 4.79 Å². The van der Waals surface area contributed by atoms with Gasteiger partial charge in [-0.05, 0) is 82.4 Å². The molecule has 41 heavy (non-hydrogen) atoms. The molecule has 2 N–H and O–H groups in total. The van der Waals surface area contributed by atoms with E-state index >= 15 is 0 Å². The quantitative estimate of drug-likeness (QED) is 0.196. The zero-order valence-corrected chi connectivity index (χ0v) is 26.2. The molecule has 4 amide bonds. The van der Waals surface area contributed by atoms with Crippen molar-refractivity contribution in [2.75, 3.05) is 65.9 Å². The molecule has 1 aromatic carbocycles. The number of hydrogen-bond acceptors (Lipinski definition) is 8. The predicted octanol–water partition coefficient (Wildman–Crippen LogP) is 3.56. The molecule has 11 heteroatoms. The summed E-state index contributed by atoms with van der Waals surface area (Å²) < 4.78 is 5.43. The maximum Gasteiger partial charge on any atom is 0.414 e. The maximum atomic E-state index is 12.1. The highest BCUT2D eigenvalue weighted by atomic mass is 32.2. The Morgan fingerprint density at radius 2 is 1.61 bits per heavy atom. The van der Waals surface area contributed by atoms with Crippen LogP contribution < -0.4 is 10.1 Å². The molecular weight excluding hydrogens is 544 g/mol. The van der Waals surface area contributed by atoms with E-state index < -0.39 is 0 Å². The summed E-state index contributed by atoms with van der Waals surface area (Å²) in [5.74, 6) is 1.28. The monoisotopic (exact) mass is 594 g/mol. The number of aliphatic hydroxyl groups excluding tert-OH is 1. The number of carbonyl (C=O) groups excluding carboxylic acids is 4. The number of amides is 4. The van der Waals surface area contributed by atoms with Gasteiger partial charge in [-0.2, -0.15) is 11.8 Å². The van der Waals surface area contributed by atoms with Gasteiger partial charge in [-0.25, -0.2) is 4.79 Å². The second-order valence-corrected chi connectivity index (χ2v) is 11.3. The minimum Gasteiger partial charge on any atom is -0.410 e. The maximum absolute atomic E-state index is 12.1. The van der Waals surface area contributed by atoms with Crippen molar-refractivity contribution in [2.45, 2.75) is 64.2 Å². The van der Waals surface area contributed by atoms with Gasteiger partial charge in [0.2, 0.25) is 17.7 Å². The lowest BCUT2D eigenvalue weighted by Crippen LogP contribution is -2.34. The number of imide groups is 1. The second-order valence-electron chi connectivity index (χ2n) is 10.4. The molecule has 0 aromatic heterocycles. The Morgan fingerprint density at radius 3 is 2.22 bits per heavy atom. The number of aryl methyl sites for hydroxylation is 1. The summed E-state index contributed by atoms with van der Waals surface area (Å²) in [6.45, 7) is 2.26. The number of carbonyl (C=O) groups is 4. The highest BCUT2D eigenvalue weighted by Gasteiger charge is 2.28. The van der Waals surface area contributed by atoms with E-state index in [2.05, 4.69) is 28.6 Å². The van der Waals surface area contributed by atoms with Crippen LogP contribution in [0, 0.1) is 0 Å². The molecule has 232 valence electrons. The van der Waals surface area contributed by atoms with Gasteiger partial charge in [0.25, 0.3) is 0 Å². The highest BCUT2D eigenvalue weighted by molar-refractivity contribution is 7.98. The van der Waals surface area contributed by atoms with E-state index in [1.165, 1.54) is 37.0 Å². The lowest BCUT2D eigenvalue weighted by molar-refractivity contribution is -0.138. The Labute approximate surface area is 250 Å². The molecule has 0 spiro atoms. The number of nitrogens with zero attached hydrogens (tertiary/aromatic N) is 3. The smallest absolute Gasteiger partial charge is 0.410 e. The Balaban J connectivity index is 0.000000452. The molecule has 1 fully saturated rings. The summed E-state index contributed by atoms with van der Waals surface area (Å²) in [5.41, 5.74) is 1.31. The third-order valence-corrected chi connectivity index (χ3v) is 7.17. The van der Waals surface area contributed by atoms with Crippen LogP contribution in [0.5, 0.6) is 5.75 Å². The molecule has 1 aliphatic rings. The third-order valence-electron chi connectivity index (χ3n) is 6.48. The summed E-state index contributed by atoms with van der Waals surface area (Å²) >= 11 is 1.92. The Morgan fingerprint density at radius 1 is 0.951 bits per heavy atom. The molecule has 1 aliphatic heterocycles. The van der Waals surface area contributed by atoms with Crippen molar-refractivity contribution in [3.63, 3.8) is 0 Å². The van der Waals surface area contributed by atoms with Crippen molar-refractivity contribution in [1.29, 1.82) is 0 Å². The standard InChI is InChI=1S/C20H34N2O2S.C10H16N2O4/c1-21(2)15-9-16-22(3)20(23)24-19-13-11-18(12-14-19)10-7-5-6-8-17-25-4;13-7-1-5-11-8(14)4-6-12-9(15)2-3-10(12)16/h11-14H,5-10,15-17H2,1-4H3;13H,1-7H2,(H,11,14). The van der Waals surface area contributed by atoms with E-state index in [9.17, 15) is 19.2 Å². The SMILES string of the molecule is CSCCCCCCc1ccc(OC(=O)N(C)CCCN(C)C)cc1.O=C(CCN1C(=O)CCC1=O)NCCCO. The van der Waals surface area contributed by atoms with Gasteiger partial charge in [0.15, 0.2) is 0 Å². The molecule has 1 aromatic rings. The lowest BCUT2D eigenvalue weighted by Gasteiger charge is -2.18. The summed E-state index contributed by atoms with van der Waals surface area (Å²) in [4.78, 5) is 50.6. The van der Waals surface area contributed by atoms with E-state index in [4.69, 9.17) is 9.84 Å². The largest absolute Gasteiger partial charge is 0.414 e. The first-order valence-corrected chi connectivity index (χ1v) is 15.9. The van der Waals surface area contributed by atoms with Crippen LogP contribution in [0.15, 0.2) is 24.3 Å². The Kier molecular flexibility index (Phi) is 19.6. The molecule has 0 bridgehead atoms. The number of thioether (sulfide) groups is 1. The van der Waals surface area contributed by atoms with Crippen molar-refractivity contribution in [2.24, 2.45) is 0 Å². The summed E-state index contributed by atoms with van der Waals surface area (Å²) in [7, 11) is 5.84. The van der Waals surface area contributed by atoms with Crippen LogP contribution in [0.25, 0.3) is 0 Å². The van der Waals surface area contributed by atoms with Crippen molar-refractivity contribution in [3.05, 3.63) is 29.8 Å². The van der Waals surface area contributed by atoms with Crippen molar-refractivity contribution in [1.82, 2.24) is 20.0 Å². The van der Waals surface area contributed by atoms with Gasteiger partial charge in [0.05, 0.1) is 0 Å². The average molecular weight is 595 g/mol. The molecule has 1 saturated heterocycles. The number of hydrogen-bond donors (Lipinski definition) is 2. The number of likely N-dealkylation sites (tertiary alicyclic amines) is 1. The topological polar surface area (TPSA) is 119 Å². The van der Waals surface area contributed by atoms with Gasteiger partial charge in [0, 0.05) is 52.6 Å². The molecule has 0 atom stereocenters. The Bertz CT molecular complexity index is 897. The van der Waals surface area contributed by atoms with Crippen molar-refractivity contribution >= 4 is 35.6 Å². The summed E-state index contributed by atoms with van der Waals surface area (Å²) in [6, 6.07) is 7.93. The number of ether oxygens (including phenoxy) is 1. The van der Waals surface area contributed by atoms with Gasteiger partial charge in [-0.1, -0.05) is 25.0 Å². The van der Waals surface area contributed by atoms with E-state index in [0.29, 0.717) is 25.3 Å². The first-order chi connectivity index (χ1) is 19.7. The molecule has 0 radical (unpaired) electrons. The highest BCUT2D eigenvalue weighted by Crippen LogP contribution is 2.16. The summed E-state index contributed by atoms with van der Waals surface area (Å²) in [6.07, 6.45) is 10.2. The van der Waals surface area contributed by atoms with Crippen LogP contribution in [-0.2, 0) is 20.8 Å². The van der Waals surface area contributed by atoms with E-state index in [1.54, 1.807) is 11.9 Å². The summed E-state index contributed by atoms with van der Waals surface area (Å²) in [5, 5.41) is 11.1. The third kappa shape index (κ3) is 17.0. The molecule has 1 heterocycles. The second kappa shape index (κ2) is 22.0. The normalized spacial score (nSPS) is 12.8. The van der Waals surface area contributed by atoms with Gasteiger partial charge in [0.1, 0.15) is 5.75 Å². The number of aliphatic hydroxyl groups is 1. The molecule has 0 unspecified atom stereocenters. The van der Waals surface area contributed by atoms with E-state index in [1.807, 2.05) is 38.0 Å². The van der Waals surface area contributed by atoms with Crippen molar-refractivity contribution in [3.8, 4) is 5.75 Å². The zero-order chi connectivity index (χ0) is 30.5. The van der Waals surface area contributed by atoms with Gasteiger partial charge in [-0.3, -0.25) is 19.3 Å².